The number of carboxylic acid groups (broad SMARTS) is 1. The SMILES string of the molecule is C=C(C)C(=O)O.CCCCN(CCCC)C(=S)S. The van der Waals surface area contributed by atoms with E-state index in [2.05, 4.69) is 38.0 Å². The summed E-state index contributed by atoms with van der Waals surface area (Å²) < 4.78 is 0.747. The van der Waals surface area contributed by atoms with Crippen LogP contribution in [0.15, 0.2) is 12.2 Å². The fourth-order valence-electron chi connectivity index (χ4n) is 1.00. The van der Waals surface area contributed by atoms with E-state index in [0.29, 0.717) is 0 Å². The molecule has 0 spiro atoms. The molecule has 0 aliphatic rings. The van der Waals surface area contributed by atoms with Crippen LogP contribution < -0.4 is 0 Å². The molecule has 0 unspecified atom stereocenters. The Hall–Kier alpha value is -0.550. The molecular weight excluding hydrogens is 266 g/mol. The molecular formula is C13H25NO2S2. The molecule has 0 aliphatic carbocycles. The molecule has 18 heavy (non-hydrogen) atoms. The van der Waals surface area contributed by atoms with Gasteiger partial charge in [-0.1, -0.05) is 45.5 Å². The van der Waals surface area contributed by atoms with E-state index >= 15 is 0 Å². The summed E-state index contributed by atoms with van der Waals surface area (Å²) >= 11 is 9.23. The Morgan fingerprint density at radius 3 is 1.78 bits per heavy atom. The Morgan fingerprint density at radius 2 is 1.61 bits per heavy atom. The van der Waals surface area contributed by atoms with Crippen LogP contribution in [-0.2, 0) is 4.79 Å². The second-order valence-electron chi connectivity index (χ2n) is 4.06. The second-order valence-corrected chi connectivity index (χ2v) is 5.18. The zero-order chi connectivity index (χ0) is 14.6. The number of unbranched alkanes of at least 4 members (excludes halogenated alkanes) is 2. The Kier molecular flexibility index (Phi) is 14.2. The molecule has 0 aromatic heterocycles. The van der Waals surface area contributed by atoms with Crippen molar-refractivity contribution in [3.05, 3.63) is 12.2 Å². The lowest BCUT2D eigenvalue weighted by atomic mass is 10.3. The molecule has 0 saturated heterocycles. The molecule has 106 valence electrons. The van der Waals surface area contributed by atoms with Gasteiger partial charge in [-0.05, 0) is 19.8 Å². The summed E-state index contributed by atoms with van der Waals surface area (Å²) in [5, 5.41) is 7.89. The summed E-state index contributed by atoms with van der Waals surface area (Å²) in [6, 6.07) is 0. The average molecular weight is 291 g/mol. The van der Waals surface area contributed by atoms with Crippen molar-refractivity contribution in [1.29, 1.82) is 0 Å². The fourth-order valence-corrected chi connectivity index (χ4v) is 1.38. The average Bonchev–Trinajstić information content (AvgIpc) is 2.29. The van der Waals surface area contributed by atoms with Crippen LogP contribution in [0.2, 0.25) is 0 Å². The van der Waals surface area contributed by atoms with Crippen LogP contribution in [0.4, 0.5) is 0 Å². The Bertz CT molecular complexity index is 248. The predicted molar refractivity (Wildman–Crippen MR) is 85.4 cm³/mol. The fraction of sp³-hybridized carbons (Fsp3) is 0.692. The van der Waals surface area contributed by atoms with E-state index in [1.54, 1.807) is 0 Å². The van der Waals surface area contributed by atoms with E-state index in [-0.39, 0.29) is 5.57 Å². The second kappa shape index (κ2) is 12.9. The molecule has 0 aromatic carbocycles. The molecule has 0 fully saturated rings. The summed E-state index contributed by atoms with van der Waals surface area (Å²) in [6.45, 7) is 11.1. The van der Waals surface area contributed by atoms with Crippen molar-refractivity contribution in [2.75, 3.05) is 13.1 Å². The lowest BCUT2D eigenvalue weighted by Gasteiger charge is -2.21. The smallest absolute Gasteiger partial charge is 0.330 e. The van der Waals surface area contributed by atoms with Gasteiger partial charge in [0.1, 0.15) is 4.32 Å². The minimum atomic E-state index is -0.935. The third kappa shape index (κ3) is 13.5. The molecule has 0 atom stereocenters. The summed E-state index contributed by atoms with van der Waals surface area (Å²) in [4.78, 5) is 11.8. The zero-order valence-electron chi connectivity index (χ0n) is 11.6. The first-order valence-electron chi connectivity index (χ1n) is 6.23. The molecule has 0 radical (unpaired) electrons. The summed E-state index contributed by atoms with van der Waals surface area (Å²) in [5.74, 6) is -0.935. The summed E-state index contributed by atoms with van der Waals surface area (Å²) in [5.41, 5.74) is 0.176. The van der Waals surface area contributed by atoms with Crippen LogP contribution in [0, 0.1) is 0 Å². The number of thiocarbonyl (C=S) groups is 1. The highest BCUT2D eigenvalue weighted by Crippen LogP contribution is 2.02. The molecule has 0 amide bonds. The Balaban J connectivity index is 0. The molecule has 0 heterocycles. The maximum atomic E-state index is 9.60. The number of carboxylic acids is 1. The van der Waals surface area contributed by atoms with Crippen LogP contribution in [0.3, 0.4) is 0 Å². The van der Waals surface area contributed by atoms with Crippen LogP contribution in [0.1, 0.15) is 46.5 Å². The number of hydrogen-bond donors (Lipinski definition) is 2. The molecule has 3 nitrogen and oxygen atoms in total. The lowest BCUT2D eigenvalue weighted by Crippen LogP contribution is -2.28. The standard InChI is InChI=1S/C9H19NS2.C4H6O2/c1-3-5-7-10(9(11)12)8-6-4-2;1-3(2)4(5)6/h3-8H2,1-2H3,(H,11,12);1H2,2H3,(H,5,6). The van der Waals surface area contributed by atoms with Crippen LogP contribution >= 0.6 is 24.8 Å². The minimum absolute atomic E-state index is 0.176. The van der Waals surface area contributed by atoms with E-state index < -0.39 is 5.97 Å². The normalized spacial score (nSPS) is 9.11. The summed E-state index contributed by atoms with van der Waals surface area (Å²) in [7, 11) is 0. The van der Waals surface area contributed by atoms with Gasteiger partial charge in [-0.2, -0.15) is 0 Å². The predicted octanol–water partition coefficient (Wildman–Crippen LogP) is 3.75. The highest BCUT2D eigenvalue weighted by atomic mass is 32.1. The maximum Gasteiger partial charge on any atom is 0.330 e. The van der Waals surface area contributed by atoms with Crippen LogP contribution in [0.25, 0.3) is 0 Å². The first kappa shape index (κ1) is 19.8. The molecule has 0 aliphatic heterocycles. The molecule has 0 bridgehead atoms. The van der Waals surface area contributed by atoms with E-state index in [1.807, 2.05) is 0 Å². The van der Waals surface area contributed by atoms with E-state index in [9.17, 15) is 4.79 Å². The number of nitrogens with zero attached hydrogens (tertiary/aromatic N) is 1. The van der Waals surface area contributed by atoms with Crippen LogP contribution in [0.5, 0.6) is 0 Å². The number of hydrogen-bond acceptors (Lipinski definition) is 2. The third-order valence-corrected chi connectivity index (χ3v) is 2.74. The number of aliphatic carboxylic acids is 1. The van der Waals surface area contributed by atoms with Crippen molar-refractivity contribution in [1.82, 2.24) is 4.90 Å². The quantitative estimate of drug-likeness (QED) is 0.426. The van der Waals surface area contributed by atoms with Crippen molar-refractivity contribution >= 4 is 35.1 Å². The van der Waals surface area contributed by atoms with Gasteiger partial charge in [0.15, 0.2) is 0 Å². The van der Waals surface area contributed by atoms with E-state index in [0.717, 1.165) is 17.4 Å². The van der Waals surface area contributed by atoms with Gasteiger partial charge in [-0.25, -0.2) is 4.79 Å². The molecule has 0 aromatic rings. The lowest BCUT2D eigenvalue weighted by molar-refractivity contribution is -0.132. The summed E-state index contributed by atoms with van der Waals surface area (Å²) in [6.07, 6.45) is 4.87. The first-order chi connectivity index (χ1) is 8.36. The third-order valence-electron chi connectivity index (χ3n) is 2.20. The van der Waals surface area contributed by atoms with Crippen molar-refractivity contribution in [2.24, 2.45) is 0 Å². The Morgan fingerprint density at radius 1 is 1.28 bits per heavy atom. The van der Waals surface area contributed by atoms with Gasteiger partial charge in [0.2, 0.25) is 0 Å². The van der Waals surface area contributed by atoms with Crippen LogP contribution in [-0.4, -0.2) is 33.4 Å². The minimum Gasteiger partial charge on any atom is -0.478 e. The number of rotatable bonds is 7. The van der Waals surface area contributed by atoms with Crippen molar-refractivity contribution in [3.63, 3.8) is 0 Å². The monoisotopic (exact) mass is 291 g/mol. The molecule has 0 rings (SSSR count). The van der Waals surface area contributed by atoms with Crippen molar-refractivity contribution in [3.8, 4) is 0 Å². The van der Waals surface area contributed by atoms with Gasteiger partial charge < -0.3 is 10.0 Å². The first-order valence-corrected chi connectivity index (χ1v) is 7.08. The van der Waals surface area contributed by atoms with E-state index in [4.69, 9.17) is 17.3 Å². The topological polar surface area (TPSA) is 40.5 Å². The van der Waals surface area contributed by atoms with Gasteiger partial charge in [0.25, 0.3) is 0 Å². The molecule has 0 saturated carbocycles. The Labute approximate surface area is 122 Å². The highest BCUT2D eigenvalue weighted by molar-refractivity contribution is 8.10. The van der Waals surface area contributed by atoms with Gasteiger partial charge in [0, 0.05) is 18.7 Å². The van der Waals surface area contributed by atoms with Gasteiger partial charge in [-0.3, -0.25) is 0 Å². The number of thiol groups is 1. The number of carbonyl (C=O) groups is 1. The molecule has 5 heteroatoms. The zero-order valence-corrected chi connectivity index (χ0v) is 13.3. The highest BCUT2D eigenvalue weighted by Gasteiger charge is 2.03. The van der Waals surface area contributed by atoms with Crippen molar-refractivity contribution < 1.29 is 9.90 Å². The van der Waals surface area contributed by atoms with E-state index in [1.165, 1.54) is 32.6 Å². The van der Waals surface area contributed by atoms with Gasteiger partial charge in [-0.15, -0.1) is 12.6 Å². The maximum absolute atomic E-state index is 9.60. The van der Waals surface area contributed by atoms with Gasteiger partial charge in [0.05, 0.1) is 0 Å². The van der Waals surface area contributed by atoms with Crippen molar-refractivity contribution in [2.45, 2.75) is 46.5 Å². The largest absolute Gasteiger partial charge is 0.478 e. The van der Waals surface area contributed by atoms with Gasteiger partial charge >= 0.3 is 5.97 Å². The molecule has 1 N–H and O–H groups in total.